The Morgan fingerprint density at radius 3 is 2.58 bits per heavy atom. The maximum Gasteiger partial charge on any atom is 0.341 e. The average molecular weight is 333 g/mol. The van der Waals surface area contributed by atoms with Gasteiger partial charge in [0.2, 0.25) is 0 Å². The summed E-state index contributed by atoms with van der Waals surface area (Å²) < 4.78 is 10.8. The number of rotatable bonds is 4. The first-order valence-corrected chi connectivity index (χ1v) is 8.23. The summed E-state index contributed by atoms with van der Waals surface area (Å²) in [5.74, 6) is -0.458. The number of carboxylic acids is 1. The van der Waals surface area contributed by atoms with Crippen molar-refractivity contribution < 1.29 is 24.2 Å². The molecule has 3 rings (SSSR count). The van der Waals surface area contributed by atoms with Gasteiger partial charge in [-0.1, -0.05) is 0 Å². The first kappa shape index (κ1) is 16.8. The molecule has 1 spiro atoms. The summed E-state index contributed by atoms with van der Waals surface area (Å²) in [6, 6.07) is 3.56. The van der Waals surface area contributed by atoms with E-state index in [0.29, 0.717) is 11.3 Å². The van der Waals surface area contributed by atoms with Crippen LogP contribution in [0.25, 0.3) is 0 Å². The van der Waals surface area contributed by atoms with Gasteiger partial charge in [-0.25, -0.2) is 4.79 Å². The van der Waals surface area contributed by atoms with Crippen LogP contribution in [-0.2, 0) is 9.53 Å². The van der Waals surface area contributed by atoms with Crippen molar-refractivity contribution >= 4 is 11.9 Å². The lowest BCUT2D eigenvalue weighted by Gasteiger charge is -2.22. The normalized spacial score (nSPS) is 23.0. The molecule has 0 aliphatic carbocycles. The standard InChI is InChI=1S/C18H23NO5/c1-12-7-14(8-13(2)16(12)24-9-15(20)21)17(22)19-5-3-18(10-19)4-6-23-11-18/h7-8H,3-6,9-11H2,1-2H3,(H,20,21)/t18-/m0/s1. The lowest BCUT2D eigenvalue weighted by molar-refractivity contribution is -0.139. The lowest BCUT2D eigenvalue weighted by atomic mass is 9.87. The zero-order valence-corrected chi connectivity index (χ0v) is 14.1. The fourth-order valence-corrected chi connectivity index (χ4v) is 3.70. The van der Waals surface area contributed by atoms with Crippen LogP contribution in [0.3, 0.4) is 0 Å². The smallest absolute Gasteiger partial charge is 0.341 e. The van der Waals surface area contributed by atoms with E-state index in [0.717, 1.165) is 50.3 Å². The SMILES string of the molecule is Cc1cc(C(=O)N2CC[C@]3(CCOC3)C2)cc(C)c1OCC(=O)O. The van der Waals surface area contributed by atoms with Gasteiger partial charge >= 0.3 is 5.97 Å². The molecule has 24 heavy (non-hydrogen) atoms. The highest BCUT2D eigenvalue weighted by atomic mass is 16.5. The number of benzene rings is 1. The Morgan fingerprint density at radius 1 is 1.29 bits per heavy atom. The fraction of sp³-hybridized carbons (Fsp3) is 0.556. The van der Waals surface area contributed by atoms with E-state index in [-0.39, 0.29) is 17.9 Å². The highest BCUT2D eigenvalue weighted by Crippen LogP contribution is 2.38. The molecule has 0 radical (unpaired) electrons. The fourth-order valence-electron chi connectivity index (χ4n) is 3.70. The number of ether oxygens (including phenoxy) is 2. The minimum Gasteiger partial charge on any atom is -0.481 e. The molecule has 2 aliphatic rings. The third kappa shape index (κ3) is 3.24. The summed E-state index contributed by atoms with van der Waals surface area (Å²) >= 11 is 0. The molecule has 0 aromatic heterocycles. The molecule has 2 aliphatic heterocycles. The molecule has 0 bridgehead atoms. The number of hydrogen-bond acceptors (Lipinski definition) is 4. The maximum absolute atomic E-state index is 12.8. The van der Waals surface area contributed by atoms with Crippen LogP contribution in [0.5, 0.6) is 5.75 Å². The second-order valence-corrected chi connectivity index (χ2v) is 6.90. The van der Waals surface area contributed by atoms with Gasteiger partial charge in [-0.3, -0.25) is 4.79 Å². The molecule has 1 amide bonds. The van der Waals surface area contributed by atoms with Crippen molar-refractivity contribution in [1.29, 1.82) is 0 Å². The van der Waals surface area contributed by atoms with Crippen LogP contribution in [0.1, 0.15) is 34.3 Å². The number of aliphatic carboxylic acids is 1. The first-order valence-electron chi connectivity index (χ1n) is 8.23. The summed E-state index contributed by atoms with van der Waals surface area (Å²) in [5, 5.41) is 8.75. The number of carbonyl (C=O) groups is 2. The van der Waals surface area contributed by atoms with Crippen molar-refractivity contribution in [1.82, 2.24) is 4.90 Å². The summed E-state index contributed by atoms with van der Waals surface area (Å²) in [4.78, 5) is 25.4. The predicted molar refractivity (Wildman–Crippen MR) is 87.4 cm³/mol. The molecule has 2 fully saturated rings. The van der Waals surface area contributed by atoms with E-state index in [1.807, 2.05) is 18.7 Å². The number of nitrogens with zero attached hydrogens (tertiary/aromatic N) is 1. The second kappa shape index (κ2) is 6.43. The van der Waals surface area contributed by atoms with Crippen LogP contribution < -0.4 is 4.74 Å². The number of hydrogen-bond donors (Lipinski definition) is 1. The maximum atomic E-state index is 12.8. The Hall–Kier alpha value is -2.08. The summed E-state index contributed by atoms with van der Waals surface area (Å²) in [5.41, 5.74) is 2.32. The molecule has 1 aromatic carbocycles. The van der Waals surface area contributed by atoms with Gasteiger partial charge in [0.1, 0.15) is 5.75 Å². The van der Waals surface area contributed by atoms with Crippen molar-refractivity contribution in [3.8, 4) is 5.75 Å². The van der Waals surface area contributed by atoms with Crippen molar-refractivity contribution in [3.63, 3.8) is 0 Å². The number of aryl methyl sites for hydroxylation is 2. The van der Waals surface area contributed by atoms with Gasteiger partial charge in [0.25, 0.3) is 5.91 Å². The molecule has 130 valence electrons. The Morgan fingerprint density at radius 2 is 2.00 bits per heavy atom. The quantitative estimate of drug-likeness (QED) is 0.912. The zero-order valence-electron chi connectivity index (χ0n) is 14.1. The van der Waals surface area contributed by atoms with Crippen LogP contribution in [0.15, 0.2) is 12.1 Å². The Balaban J connectivity index is 1.75. The Kier molecular flexibility index (Phi) is 4.49. The Bertz CT molecular complexity index is 640. The van der Waals surface area contributed by atoms with Crippen molar-refractivity contribution in [2.45, 2.75) is 26.7 Å². The van der Waals surface area contributed by atoms with Crippen LogP contribution in [0, 0.1) is 19.3 Å². The van der Waals surface area contributed by atoms with Gasteiger partial charge in [-0.05, 0) is 49.9 Å². The highest BCUT2D eigenvalue weighted by Gasteiger charge is 2.42. The topological polar surface area (TPSA) is 76.1 Å². The van der Waals surface area contributed by atoms with E-state index in [9.17, 15) is 9.59 Å². The highest BCUT2D eigenvalue weighted by molar-refractivity contribution is 5.95. The number of carboxylic acid groups (broad SMARTS) is 1. The predicted octanol–water partition coefficient (Wildman–Crippen LogP) is 2.02. The monoisotopic (exact) mass is 333 g/mol. The third-order valence-electron chi connectivity index (χ3n) is 4.96. The largest absolute Gasteiger partial charge is 0.481 e. The minimum absolute atomic E-state index is 0.0229. The van der Waals surface area contributed by atoms with E-state index in [4.69, 9.17) is 14.6 Å². The molecular formula is C18H23NO5. The molecule has 6 nitrogen and oxygen atoms in total. The summed E-state index contributed by atoms with van der Waals surface area (Å²) in [6.07, 6.45) is 2.02. The van der Waals surface area contributed by atoms with Crippen LogP contribution in [0.2, 0.25) is 0 Å². The Labute approximate surface area is 141 Å². The molecule has 0 unspecified atom stereocenters. The van der Waals surface area contributed by atoms with Gasteiger partial charge in [0, 0.05) is 30.7 Å². The molecule has 2 heterocycles. The van der Waals surface area contributed by atoms with E-state index in [2.05, 4.69) is 0 Å². The number of likely N-dealkylation sites (tertiary alicyclic amines) is 1. The summed E-state index contributed by atoms with van der Waals surface area (Å²) in [7, 11) is 0. The average Bonchev–Trinajstić information content (AvgIpc) is 3.16. The molecular weight excluding hydrogens is 310 g/mol. The van der Waals surface area contributed by atoms with Crippen LogP contribution >= 0.6 is 0 Å². The van der Waals surface area contributed by atoms with Crippen molar-refractivity contribution in [3.05, 3.63) is 28.8 Å². The minimum atomic E-state index is -1.02. The third-order valence-corrected chi connectivity index (χ3v) is 4.96. The van der Waals surface area contributed by atoms with Gasteiger partial charge < -0.3 is 19.5 Å². The molecule has 1 aromatic rings. The van der Waals surface area contributed by atoms with E-state index < -0.39 is 5.97 Å². The molecule has 2 saturated heterocycles. The molecule has 0 saturated carbocycles. The number of amides is 1. The molecule has 1 N–H and O–H groups in total. The molecule has 1 atom stereocenters. The van der Waals surface area contributed by atoms with Crippen molar-refractivity contribution in [2.75, 3.05) is 32.9 Å². The zero-order chi connectivity index (χ0) is 17.3. The van der Waals surface area contributed by atoms with E-state index in [1.165, 1.54) is 0 Å². The second-order valence-electron chi connectivity index (χ2n) is 6.90. The first-order chi connectivity index (χ1) is 11.4. The molecule has 6 heteroatoms. The van der Waals surface area contributed by atoms with Crippen LogP contribution in [-0.4, -0.2) is 54.8 Å². The van der Waals surface area contributed by atoms with Crippen LogP contribution in [0.4, 0.5) is 0 Å². The van der Waals surface area contributed by atoms with Gasteiger partial charge in [-0.15, -0.1) is 0 Å². The van der Waals surface area contributed by atoms with E-state index in [1.54, 1.807) is 12.1 Å². The van der Waals surface area contributed by atoms with E-state index >= 15 is 0 Å². The van der Waals surface area contributed by atoms with Gasteiger partial charge in [0.15, 0.2) is 6.61 Å². The van der Waals surface area contributed by atoms with Crippen molar-refractivity contribution in [2.24, 2.45) is 5.41 Å². The lowest BCUT2D eigenvalue weighted by Crippen LogP contribution is -2.32. The van der Waals surface area contributed by atoms with Gasteiger partial charge in [-0.2, -0.15) is 0 Å². The summed E-state index contributed by atoms with van der Waals surface area (Å²) in [6.45, 7) is 6.32. The number of carbonyl (C=O) groups excluding carboxylic acids is 1. The van der Waals surface area contributed by atoms with Gasteiger partial charge in [0.05, 0.1) is 6.61 Å².